The fourth-order valence-corrected chi connectivity index (χ4v) is 4.54. The standard InChI is InChI=1S/C30H31N2OS.Pt/c1-29(2,3)21-18-23(28(33)24(19-21)30(4,5)6)26-14-10-13-25(32-26)20-11-9-12-22(17-20)34-27-15-7-8-16-31-27;/h7-16,18-19,33H,1-6H3;/q-1;. The van der Waals surface area contributed by atoms with Gasteiger partial charge in [0.05, 0.1) is 10.7 Å². The molecule has 35 heavy (non-hydrogen) atoms. The predicted octanol–water partition coefficient (Wildman–Crippen LogP) is 8.06. The third-order valence-electron chi connectivity index (χ3n) is 5.71. The van der Waals surface area contributed by atoms with Crippen molar-refractivity contribution in [2.75, 3.05) is 0 Å². The normalized spacial score (nSPS) is 11.7. The van der Waals surface area contributed by atoms with Crippen LogP contribution in [0.25, 0.3) is 22.5 Å². The summed E-state index contributed by atoms with van der Waals surface area (Å²) in [6.07, 6.45) is 1.79. The molecule has 0 amide bonds. The first-order valence-electron chi connectivity index (χ1n) is 11.5. The summed E-state index contributed by atoms with van der Waals surface area (Å²) >= 11 is 1.57. The Morgan fingerprint density at radius 3 is 2.17 bits per heavy atom. The third-order valence-corrected chi connectivity index (χ3v) is 6.61. The van der Waals surface area contributed by atoms with Crippen molar-refractivity contribution in [1.29, 1.82) is 0 Å². The Kier molecular flexibility index (Phi) is 8.29. The summed E-state index contributed by atoms with van der Waals surface area (Å²) in [5.74, 6) is 0.300. The van der Waals surface area contributed by atoms with Gasteiger partial charge in [0.2, 0.25) is 0 Å². The number of pyridine rings is 2. The zero-order chi connectivity index (χ0) is 24.5. The van der Waals surface area contributed by atoms with E-state index in [1.807, 2.05) is 54.6 Å². The van der Waals surface area contributed by atoms with Gasteiger partial charge in [0.1, 0.15) is 5.75 Å². The van der Waals surface area contributed by atoms with Gasteiger partial charge in [-0.15, -0.1) is 29.8 Å². The maximum absolute atomic E-state index is 11.3. The van der Waals surface area contributed by atoms with E-state index >= 15 is 0 Å². The van der Waals surface area contributed by atoms with E-state index in [4.69, 9.17) is 4.98 Å². The molecule has 0 aliphatic rings. The summed E-state index contributed by atoms with van der Waals surface area (Å²) in [5, 5.41) is 12.2. The summed E-state index contributed by atoms with van der Waals surface area (Å²) < 4.78 is 0. The summed E-state index contributed by atoms with van der Waals surface area (Å²) in [4.78, 5) is 10.3. The maximum Gasteiger partial charge on any atom is 0.128 e. The number of hydrogen-bond acceptors (Lipinski definition) is 4. The summed E-state index contributed by atoms with van der Waals surface area (Å²) in [6.45, 7) is 13.0. The second-order valence-corrected chi connectivity index (χ2v) is 11.6. The first-order chi connectivity index (χ1) is 16.0. The van der Waals surface area contributed by atoms with Crippen molar-refractivity contribution in [2.45, 2.75) is 62.3 Å². The Balaban J connectivity index is 0.00000342. The molecule has 0 saturated carbocycles. The third kappa shape index (κ3) is 6.42. The van der Waals surface area contributed by atoms with Crippen molar-refractivity contribution in [3.63, 3.8) is 0 Å². The van der Waals surface area contributed by atoms with Gasteiger partial charge >= 0.3 is 0 Å². The van der Waals surface area contributed by atoms with Crippen LogP contribution in [0.4, 0.5) is 0 Å². The second-order valence-electron chi connectivity index (χ2n) is 10.5. The number of phenolic OH excluding ortho intramolecular Hbond substituents is 1. The fraction of sp³-hybridized carbons (Fsp3) is 0.267. The molecule has 0 unspecified atom stereocenters. The Bertz CT molecular complexity index is 1310. The average molecular weight is 663 g/mol. The van der Waals surface area contributed by atoms with Crippen LogP contribution in [0.1, 0.15) is 52.7 Å². The minimum absolute atomic E-state index is 0. The van der Waals surface area contributed by atoms with Gasteiger partial charge in [-0.05, 0) is 46.4 Å². The van der Waals surface area contributed by atoms with E-state index in [9.17, 15) is 5.11 Å². The maximum atomic E-state index is 11.3. The Hall–Kier alpha value is -2.42. The van der Waals surface area contributed by atoms with Gasteiger partial charge in [-0.2, -0.15) is 0 Å². The average Bonchev–Trinajstić information content (AvgIpc) is 2.78. The zero-order valence-corrected chi connectivity index (χ0v) is 24.1. The van der Waals surface area contributed by atoms with Crippen LogP contribution >= 0.6 is 11.8 Å². The number of benzene rings is 2. The van der Waals surface area contributed by atoms with Crippen molar-refractivity contribution in [3.8, 4) is 28.3 Å². The minimum Gasteiger partial charge on any atom is -0.507 e. The number of nitrogens with zero attached hydrogens (tertiary/aromatic N) is 2. The molecule has 0 aliphatic heterocycles. The van der Waals surface area contributed by atoms with E-state index in [0.717, 1.165) is 38.0 Å². The van der Waals surface area contributed by atoms with Gasteiger partial charge in [0.15, 0.2) is 0 Å². The molecule has 184 valence electrons. The molecule has 0 fully saturated rings. The second kappa shape index (κ2) is 10.7. The number of hydrogen-bond donors (Lipinski definition) is 1. The Morgan fingerprint density at radius 2 is 1.51 bits per heavy atom. The van der Waals surface area contributed by atoms with Gasteiger partial charge in [0, 0.05) is 38.4 Å². The van der Waals surface area contributed by atoms with Crippen LogP contribution in [0.3, 0.4) is 0 Å². The molecule has 0 bridgehead atoms. The Labute approximate surface area is 227 Å². The van der Waals surface area contributed by atoms with Crippen molar-refractivity contribution in [2.24, 2.45) is 0 Å². The summed E-state index contributed by atoms with van der Waals surface area (Å²) in [6, 6.07) is 25.6. The van der Waals surface area contributed by atoms with Crippen LogP contribution < -0.4 is 0 Å². The number of aromatic hydroxyl groups is 1. The SMILES string of the molecule is CC(C)(C)c1cc(-c2cccc(-c3[c-]c(Sc4ccccn4)ccc3)n2)c(O)c(C(C)(C)C)c1.[Pt]. The van der Waals surface area contributed by atoms with E-state index < -0.39 is 0 Å². The first kappa shape index (κ1) is 27.2. The molecule has 5 heteroatoms. The van der Waals surface area contributed by atoms with E-state index in [2.05, 4.69) is 64.7 Å². The first-order valence-corrected chi connectivity index (χ1v) is 12.3. The molecular formula is C30H31N2OPtS-. The molecule has 1 N–H and O–H groups in total. The van der Waals surface area contributed by atoms with Gasteiger partial charge < -0.3 is 5.11 Å². The van der Waals surface area contributed by atoms with Crippen LogP contribution in [0.2, 0.25) is 0 Å². The molecule has 0 spiro atoms. The Morgan fingerprint density at radius 1 is 0.800 bits per heavy atom. The molecular weight excluding hydrogens is 631 g/mol. The summed E-state index contributed by atoms with van der Waals surface area (Å²) in [5.41, 5.74) is 5.11. The van der Waals surface area contributed by atoms with E-state index in [1.54, 1.807) is 18.0 Å². The van der Waals surface area contributed by atoms with Gasteiger partial charge in [0.25, 0.3) is 0 Å². The molecule has 4 rings (SSSR count). The van der Waals surface area contributed by atoms with Crippen LogP contribution in [0.5, 0.6) is 5.75 Å². The molecule has 4 aromatic rings. The molecule has 0 atom stereocenters. The van der Waals surface area contributed by atoms with Crippen LogP contribution in [0, 0.1) is 6.07 Å². The topological polar surface area (TPSA) is 46.0 Å². The summed E-state index contributed by atoms with van der Waals surface area (Å²) in [7, 11) is 0. The molecule has 0 aliphatic carbocycles. The van der Waals surface area contributed by atoms with Crippen molar-refractivity contribution < 1.29 is 26.2 Å². The van der Waals surface area contributed by atoms with Crippen molar-refractivity contribution in [3.05, 3.63) is 90.1 Å². The molecule has 0 radical (unpaired) electrons. The monoisotopic (exact) mass is 662 g/mol. The predicted molar refractivity (Wildman–Crippen MR) is 141 cm³/mol. The van der Waals surface area contributed by atoms with Crippen LogP contribution in [-0.4, -0.2) is 15.1 Å². The van der Waals surface area contributed by atoms with E-state index in [-0.39, 0.29) is 31.9 Å². The van der Waals surface area contributed by atoms with Crippen molar-refractivity contribution >= 4 is 11.8 Å². The van der Waals surface area contributed by atoms with Gasteiger partial charge in [-0.1, -0.05) is 82.5 Å². The number of aromatic nitrogens is 2. The fourth-order valence-electron chi connectivity index (χ4n) is 3.75. The number of phenols is 1. The molecule has 2 aromatic heterocycles. The molecule has 2 aromatic carbocycles. The number of rotatable bonds is 4. The molecule has 3 nitrogen and oxygen atoms in total. The smallest absolute Gasteiger partial charge is 0.128 e. The van der Waals surface area contributed by atoms with Gasteiger partial charge in [-0.3, -0.25) is 4.98 Å². The molecule has 2 heterocycles. The minimum atomic E-state index is -0.192. The van der Waals surface area contributed by atoms with Crippen LogP contribution in [-0.2, 0) is 31.9 Å². The quantitative estimate of drug-likeness (QED) is 0.225. The van der Waals surface area contributed by atoms with Crippen LogP contribution in [0.15, 0.2) is 82.8 Å². The molecule has 0 saturated heterocycles. The van der Waals surface area contributed by atoms with Gasteiger partial charge in [-0.25, -0.2) is 4.98 Å². The van der Waals surface area contributed by atoms with E-state index in [1.165, 1.54) is 5.56 Å². The van der Waals surface area contributed by atoms with Crippen molar-refractivity contribution in [1.82, 2.24) is 9.97 Å². The zero-order valence-electron chi connectivity index (χ0n) is 21.0. The van der Waals surface area contributed by atoms with E-state index in [0.29, 0.717) is 5.75 Å². The largest absolute Gasteiger partial charge is 0.507 e.